The molecular formula is C25H30F3N3O3S. The molecule has 2 heterocycles. The van der Waals surface area contributed by atoms with E-state index in [4.69, 9.17) is 5.73 Å². The first kappa shape index (κ1) is 25.7. The first-order valence-corrected chi connectivity index (χ1v) is 13.5. The molecule has 2 saturated heterocycles. The van der Waals surface area contributed by atoms with Gasteiger partial charge in [-0.1, -0.05) is 30.3 Å². The highest BCUT2D eigenvalue weighted by Gasteiger charge is 2.44. The van der Waals surface area contributed by atoms with E-state index in [0.717, 1.165) is 24.5 Å². The number of piperidine rings is 1. The lowest BCUT2D eigenvalue weighted by Crippen LogP contribution is -2.52. The maximum atomic E-state index is 14.1. The molecule has 10 heteroatoms. The van der Waals surface area contributed by atoms with Crippen molar-refractivity contribution in [1.82, 2.24) is 9.62 Å². The van der Waals surface area contributed by atoms with E-state index in [-0.39, 0.29) is 48.2 Å². The summed E-state index contributed by atoms with van der Waals surface area (Å²) < 4.78 is 68.0. The lowest BCUT2D eigenvalue weighted by Gasteiger charge is -2.41. The molecule has 6 nitrogen and oxygen atoms in total. The molecule has 0 spiro atoms. The van der Waals surface area contributed by atoms with Gasteiger partial charge < -0.3 is 10.6 Å². The van der Waals surface area contributed by atoms with Gasteiger partial charge >= 0.3 is 0 Å². The largest absolute Gasteiger partial charge is 0.336 e. The van der Waals surface area contributed by atoms with E-state index in [9.17, 15) is 26.4 Å². The average molecular weight is 510 g/mol. The number of benzene rings is 2. The second kappa shape index (κ2) is 10.7. The second-order valence-electron chi connectivity index (χ2n) is 9.52. The molecule has 0 aliphatic carbocycles. The molecule has 0 saturated carbocycles. The van der Waals surface area contributed by atoms with Crippen LogP contribution in [-0.4, -0.2) is 49.6 Å². The summed E-state index contributed by atoms with van der Waals surface area (Å²) in [4.78, 5) is 14.7. The Morgan fingerprint density at radius 2 is 1.66 bits per heavy atom. The molecule has 0 radical (unpaired) electrons. The molecule has 2 aromatic rings. The molecule has 2 aliphatic rings. The fraction of sp³-hybridized carbons (Fsp3) is 0.480. The Kier molecular flexibility index (Phi) is 7.83. The van der Waals surface area contributed by atoms with Crippen LogP contribution in [0.5, 0.6) is 0 Å². The van der Waals surface area contributed by atoms with Crippen LogP contribution in [0, 0.1) is 23.4 Å². The van der Waals surface area contributed by atoms with Gasteiger partial charge in [0, 0.05) is 24.2 Å². The molecule has 4 atom stereocenters. The van der Waals surface area contributed by atoms with E-state index in [1.165, 1.54) is 0 Å². The number of rotatable bonds is 9. The van der Waals surface area contributed by atoms with Crippen LogP contribution in [0.3, 0.4) is 0 Å². The first-order chi connectivity index (χ1) is 16.6. The number of fused-ring (bicyclic) bond motifs is 2. The molecule has 3 N–H and O–H groups in total. The molecule has 0 aromatic heterocycles. The van der Waals surface area contributed by atoms with Crippen molar-refractivity contribution in [2.75, 3.05) is 12.3 Å². The van der Waals surface area contributed by atoms with E-state index in [1.54, 1.807) is 4.90 Å². The lowest BCUT2D eigenvalue weighted by atomic mass is 9.82. The minimum absolute atomic E-state index is 0.00775. The summed E-state index contributed by atoms with van der Waals surface area (Å²) in [5, 5.41) is 0. The van der Waals surface area contributed by atoms with Crippen LogP contribution in [0.4, 0.5) is 13.2 Å². The number of nitrogens with two attached hydrogens (primary N) is 1. The van der Waals surface area contributed by atoms with Crippen molar-refractivity contribution in [3.05, 3.63) is 71.0 Å². The fourth-order valence-corrected chi connectivity index (χ4v) is 6.34. The summed E-state index contributed by atoms with van der Waals surface area (Å²) in [5.74, 6) is -3.55. The Morgan fingerprint density at radius 1 is 1.03 bits per heavy atom. The predicted molar refractivity (Wildman–Crippen MR) is 126 cm³/mol. The Bertz CT molecular complexity index is 1150. The average Bonchev–Trinajstić information content (AvgIpc) is 3.09. The van der Waals surface area contributed by atoms with E-state index in [2.05, 4.69) is 4.72 Å². The zero-order chi connectivity index (χ0) is 25.2. The zero-order valence-corrected chi connectivity index (χ0v) is 20.1. The molecule has 2 aliphatic heterocycles. The Balaban J connectivity index is 1.30. The van der Waals surface area contributed by atoms with E-state index in [1.807, 2.05) is 30.3 Å². The summed E-state index contributed by atoms with van der Waals surface area (Å²) >= 11 is 0. The van der Waals surface area contributed by atoms with Gasteiger partial charge in [-0.25, -0.2) is 26.3 Å². The first-order valence-electron chi connectivity index (χ1n) is 11.8. The van der Waals surface area contributed by atoms with Gasteiger partial charge in [0.1, 0.15) is 5.82 Å². The van der Waals surface area contributed by atoms with Crippen LogP contribution in [-0.2, 0) is 27.7 Å². The van der Waals surface area contributed by atoms with E-state index in [0.29, 0.717) is 25.3 Å². The molecule has 1 amide bonds. The highest BCUT2D eigenvalue weighted by molar-refractivity contribution is 7.89. The van der Waals surface area contributed by atoms with Crippen molar-refractivity contribution >= 4 is 15.9 Å². The minimum atomic E-state index is -3.61. The van der Waals surface area contributed by atoms with Gasteiger partial charge in [-0.15, -0.1) is 0 Å². The number of carbonyl (C=O) groups excluding carboxylic acids is 1. The van der Waals surface area contributed by atoms with Gasteiger partial charge in [0.15, 0.2) is 11.6 Å². The van der Waals surface area contributed by atoms with Crippen molar-refractivity contribution in [3.8, 4) is 0 Å². The Morgan fingerprint density at radius 3 is 2.31 bits per heavy atom. The monoisotopic (exact) mass is 509 g/mol. The zero-order valence-electron chi connectivity index (χ0n) is 19.3. The summed E-state index contributed by atoms with van der Waals surface area (Å²) in [6.45, 7) is -0.291. The number of aryl methyl sites for hydroxylation is 1. The SMILES string of the molecule is N[C@H](Cc1cc(F)c(F)cc1F)[C@@H]1C[C@H]2CC[C@@H](C1)N2C(=O)CNS(=O)(=O)CCc1ccccc1. The summed E-state index contributed by atoms with van der Waals surface area (Å²) in [6.07, 6.45) is 3.23. The second-order valence-corrected chi connectivity index (χ2v) is 11.4. The quantitative estimate of drug-likeness (QED) is 0.509. The van der Waals surface area contributed by atoms with Crippen LogP contribution in [0.2, 0.25) is 0 Å². The van der Waals surface area contributed by atoms with Crippen molar-refractivity contribution in [2.45, 2.75) is 56.7 Å². The normalized spacial score (nSPS) is 22.9. The van der Waals surface area contributed by atoms with Crippen LogP contribution in [0.25, 0.3) is 0 Å². The van der Waals surface area contributed by atoms with Crippen LogP contribution in [0.1, 0.15) is 36.8 Å². The number of nitrogens with zero attached hydrogens (tertiary/aromatic N) is 1. The number of sulfonamides is 1. The lowest BCUT2D eigenvalue weighted by molar-refractivity contribution is -0.135. The molecule has 2 bridgehead atoms. The van der Waals surface area contributed by atoms with Crippen molar-refractivity contribution in [2.24, 2.45) is 11.7 Å². The molecule has 190 valence electrons. The summed E-state index contributed by atoms with van der Waals surface area (Å²) in [7, 11) is -3.61. The number of hydrogen-bond donors (Lipinski definition) is 2. The summed E-state index contributed by atoms with van der Waals surface area (Å²) in [6, 6.07) is 10.0. The highest BCUT2D eigenvalue weighted by atomic mass is 32.2. The Hall–Kier alpha value is -2.43. The van der Waals surface area contributed by atoms with Crippen molar-refractivity contribution < 1.29 is 26.4 Å². The van der Waals surface area contributed by atoms with E-state index < -0.39 is 33.5 Å². The fourth-order valence-electron chi connectivity index (χ4n) is 5.35. The van der Waals surface area contributed by atoms with Crippen LogP contribution >= 0.6 is 0 Å². The molecule has 4 rings (SSSR count). The molecule has 0 unspecified atom stereocenters. The number of halogens is 3. The van der Waals surface area contributed by atoms with Gasteiger partial charge in [0.25, 0.3) is 0 Å². The van der Waals surface area contributed by atoms with Gasteiger partial charge in [-0.3, -0.25) is 4.79 Å². The number of hydrogen-bond acceptors (Lipinski definition) is 4. The van der Waals surface area contributed by atoms with Crippen molar-refractivity contribution in [1.29, 1.82) is 0 Å². The third-order valence-corrected chi connectivity index (χ3v) is 8.48. The Labute approximate surface area is 203 Å². The maximum absolute atomic E-state index is 14.1. The third-order valence-electron chi connectivity index (χ3n) is 7.15. The molecule has 35 heavy (non-hydrogen) atoms. The van der Waals surface area contributed by atoms with E-state index >= 15 is 0 Å². The van der Waals surface area contributed by atoms with Gasteiger partial charge in [-0.05, 0) is 61.6 Å². The minimum Gasteiger partial charge on any atom is -0.336 e. The van der Waals surface area contributed by atoms with Crippen LogP contribution < -0.4 is 10.5 Å². The summed E-state index contributed by atoms with van der Waals surface area (Å²) in [5.41, 5.74) is 7.27. The van der Waals surface area contributed by atoms with Gasteiger partial charge in [0.2, 0.25) is 15.9 Å². The molecular weight excluding hydrogens is 479 g/mol. The number of nitrogens with one attached hydrogen (secondary N) is 1. The molecule has 2 fully saturated rings. The number of carbonyl (C=O) groups is 1. The van der Waals surface area contributed by atoms with Crippen LogP contribution in [0.15, 0.2) is 42.5 Å². The third kappa shape index (κ3) is 6.23. The maximum Gasteiger partial charge on any atom is 0.238 e. The predicted octanol–water partition coefficient (Wildman–Crippen LogP) is 2.91. The van der Waals surface area contributed by atoms with Crippen molar-refractivity contribution in [3.63, 3.8) is 0 Å². The standard InChI is InChI=1S/C25H30F3N3O3S/c26-21-14-23(28)22(27)12-17(21)13-24(29)18-10-19-6-7-20(11-18)31(19)25(32)15-30-35(33,34)9-8-16-4-2-1-3-5-16/h1-5,12,14,18-20,24,30H,6-11,13,15,29H2/t18-,19-,20+,24-/m1/s1. The topological polar surface area (TPSA) is 92.5 Å². The number of amides is 1. The highest BCUT2D eigenvalue weighted by Crippen LogP contribution is 2.40. The molecule has 2 aromatic carbocycles. The van der Waals surface area contributed by atoms with Gasteiger partial charge in [-0.2, -0.15) is 0 Å². The smallest absolute Gasteiger partial charge is 0.238 e. The van der Waals surface area contributed by atoms with Gasteiger partial charge in [0.05, 0.1) is 12.3 Å².